The van der Waals surface area contributed by atoms with Gasteiger partial charge in [0.1, 0.15) is 17.5 Å². The van der Waals surface area contributed by atoms with E-state index in [0.717, 1.165) is 77.0 Å². The highest BCUT2D eigenvalue weighted by Gasteiger charge is 2.50. The molecule has 2 amide bonds. The first-order chi connectivity index (χ1) is 31.6. The number of esters is 3. The Labute approximate surface area is 400 Å². The highest BCUT2D eigenvalue weighted by Crippen LogP contribution is 2.34. The average Bonchev–Trinajstić information content (AvgIpc) is 3.25. The van der Waals surface area contributed by atoms with E-state index in [9.17, 15) is 43.8 Å². The predicted octanol–water partition coefficient (Wildman–Crippen LogP) is 9.98. The number of thioether (sulfide) groups is 1. The molecule has 0 saturated carbocycles. The van der Waals surface area contributed by atoms with Crippen molar-refractivity contribution in [2.45, 2.75) is 263 Å². The zero-order valence-electron chi connectivity index (χ0n) is 41.4. The average molecular weight is 957 g/mol. The topological polar surface area (TPSA) is 221 Å². The van der Waals surface area contributed by atoms with Crippen molar-refractivity contribution < 1.29 is 62.7 Å². The Hall–Kier alpha value is -3.40. The second-order valence-electron chi connectivity index (χ2n) is 18.2. The summed E-state index contributed by atoms with van der Waals surface area (Å²) < 4.78 is 22.7. The molecule has 0 spiro atoms. The fourth-order valence-corrected chi connectivity index (χ4v) is 9.71. The standard InChI is InChI=1S/C50H88N2O13S/c1-7-9-11-13-15-17-19-21-23-25-27-29-31-40(32-30-28-26-24-22-20-18-16-14-12-10-8-2)47(58)52-42(48(59)51-41(49(60)61)33-34-43(56)57)35-66-50-46(65-39(6)55)45(64-38(5)54)44(36(3)62-50)63-37(4)53/h36,40-42,44-46,50H,7-35H2,1-6H3,(H,51,59)(H,52,58)(H,56,57)(H,60,61)/t36-,41+,42-,44+,45+,46-,50-/m0/s1. The van der Waals surface area contributed by atoms with Crippen LogP contribution in [0.2, 0.25) is 0 Å². The van der Waals surface area contributed by atoms with Crippen molar-refractivity contribution in [3.63, 3.8) is 0 Å². The lowest BCUT2D eigenvalue weighted by Crippen LogP contribution is -2.60. The van der Waals surface area contributed by atoms with E-state index in [4.69, 9.17) is 18.9 Å². The van der Waals surface area contributed by atoms with E-state index < -0.39 is 90.0 Å². The molecule has 0 aliphatic carbocycles. The number of hydrogen-bond acceptors (Lipinski definition) is 12. The first-order valence-electron chi connectivity index (χ1n) is 25.4. The van der Waals surface area contributed by atoms with Crippen molar-refractivity contribution in [2.75, 3.05) is 5.75 Å². The van der Waals surface area contributed by atoms with Gasteiger partial charge in [-0.05, 0) is 26.2 Å². The van der Waals surface area contributed by atoms with E-state index in [1.54, 1.807) is 6.92 Å². The third-order valence-electron chi connectivity index (χ3n) is 12.1. The third-order valence-corrected chi connectivity index (χ3v) is 13.4. The molecule has 7 atom stereocenters. The van der Waals surface area contributed by atoms with Gasteiger partial charge in [0.25, 0.3) is 0 Å². The van der Waals surface area contributed by atoms with Crippen molar-refractivity contribution in [3.8, 4) is 0 Å². The number of ether oxygens (including phenoxy) is 4. The number of carbonyl (C=O) groups is 7. The van der Waals surface area contributed by atoms with Gasteiger partial charge in [-0.2, -0.15) is 0 Å². The highest BCUT2D eigenvalue weighted by atomic mass is 32.2. The molecule has 1 rings (SSSR count). The Balaban J connectivity index is 3.22. The van der Waals surface area contributed by atoms with Crippen molar-refractivity contribution in [3.05, 3.63) is 0 Å². The molecule has 0 aromatic rings. The first kappa shape index (κ1) is 60.6. The molecule has 15 nitrogen and oxygen atoms in total. The summed E-state index contributed by atoms with van der Waals surface area (Å²) in [5.41, 5.74) is -1.09. The van der Waals surface area contributed by atoms with Crippen molar-refractivity contribution >= 4 is 53.4 Å². The monoisotopic (exact) mass is 957 g/mol. The first-order valence-corrected chi connectivity index (χ1v) is 26.5. The van der Waals surface area contributed by atoms with Crippen LogP contribution in [0.15, 0.2) is 0 Å². The Bertz CT molecular complexity index is 1370. The summed E-state index contributed by atoms with van der Waals surface area (Å²) in [5.74, 6) is -6.62. The van der Waals surface area contributed by atoms with Gasteiger partial charge < -0.3 is 39.8 Å². The Kier molecular flexibility index (Phi) is 34.5. The molecule has 16 heteroatoms. The van der Waals surface area contributed by atoms with E-state index in [-0.39, 0.29) is 18.1 Å². The second kappa shape index (κ2) is 37.6. The lowest BCUT2D eigenvalue weighted by Gasteiger charge is -2.43. The summed E-state index contributed by atoms with van der Waals surface area (Å²) in [5, 5.41) is 24.5. The van der Waals surface area contributed by atoms with Crippen LogP contribution >= 0.6 is 11.8 Å². The quantitative estimate of drug-likeness (QED) is 0.0255. The SMILES string of the molecule is CCCCCCCCCCCCCCC(CCCCCCCCCCCCCC)C(=O)N[C@@H](CS[C@@H]1O[C@@H](C)[C@@H](OC(C)=O)[C@@H](OC(C)=O)[C@@H]1OC(C)=O)C(=O)N[C@H](CCC(=O)O)C(=O)O. The molecule has 1 aliphatic heterocycles. The Morgan fingerprint density at radius 1 is 0.515 bits per heavy atom. The van der Waals surface area contributed by atoms with Crippen LogP contribution in [0.25, 0.3) is 0 Å². The lowest BCUT2D eigenvalue weighted by molar-refractivity contribution is -0.229. The lowest BCUT2D eigenvalue weighted by atomic mass is 9.93. The maximum absolute atomic E-state index is 14.3. The van der Waals surface area contributed by atoms with Crippen LogP contribution in [0.4, 0.5) is 0 Å². The largest absolute Gasteiger partial charge is 0.481 e. The summed E-state index contributed by atoms with van der Waals surface area (Å²) in [6.45, 7) is 9.52. The fraction of sp³-hybridized carbons (Fsp3) is 0.860. The molecule has 0 aromatic carbocycles. The second-order valence-corrected chi connectivity index (χ2v) is 19.3. The van der Waals surface area contributed by atoms with Gasteiger partial charge in [0.05, 0.1) is 6.10 Å². The van der Waals surface area contributed by atoms with Gasteiger partial charge >= 0.3 is 29.8 Å². The van der Waals surface area contributed by atoms with Gasteiger partial charge in [-0.3, -0.25) is 28.8 Å². The van der Waals surface area contributed by atoms with Gasteiger partial charge in [-0.1, -0.05) is 168 Å². The number of amides is 2. The minimum atomic E-state index is -1.55. The van der Waals surface area contributed by atoms with Crippen molar-refractivity contribution in [1.82, 2.24) is 10.6 Å². The zero-order chi connectivity index (χ0) is 49.1. The van der Waals surface area contributed by atoms with Gasteiger partial charge in [0, 0.05) is 38.9 Å². The minimum absolute atomic E-state index is 0.201. The number of carboxylic acids is 2. The Morgan fingerprint density at radius 3 is 1.29 bits per heavy atom. The summed E-state index contributed by atoms with van der Waals surface area (Å²) in [7, 11) is 0. The van der Waals surface area contributed by atoms with Crippen molar-refractivity contribution in [2.24, 2.45) is 5.92 Å². The number of aliphatic carboxylic acids is 2. The number of carboxylic acid groups (broad SMARTS) is 2. The van der Waals surface area contributed by atoms with Crippen LogP contribution in [0.5, 0.6) is 0 Å². The fourth-order valence-electron chi connectivity index (χ4n) is 8.44. The summed E-state index contributed by atoms with van der Waals surface area (Å²) >= 11 is 0.973. The number of carbonyl (C=O) groups excluding carboxylic acids is 5. The molecule has 1 aliphatic rings. The van der Waals surface area contributed by atoms with Crippen LogP contribution in [0.1, 0.15) is 221 Å². The summed E-state index contributed by atoms with van der Waals surface area (Å²) in [6, 6.07) is -2.87. The van der Waals surface area contributed by atoms with Crippen LogP contribution in [-0.4, -0.2) is 99.6 Å². The molecule has 382 valence electrons. The molecule has 0 aromatic heterocycles. The van der Waals surface area contributed by atoms with Gasteiger partial charge in [-0.15, -0.1) is 11.8 Å². The maximum atomic E-state index is 14.3. The van der Waals surface area contributed by atoms with Crippen LogP contribution in [0.3, 0.4) is 0 Å². The highest BCUT2D eigenvalue weighted by molar-refractivity contribution is 7.99. The number of rotatable bonds is 40. The molecule has 1 heterocycles. The molecule has 0 unspecified atom stereocenters. The van der Waals surface area contributed by atoms with Crippen molar-refractivity contribution in [1.29, 1.82) is 0 Å². The number of nitrogens with one attached hydrogen (secondary N) is 2. The molecule has 0 radical (unpaired) electrons. The van der Waals surface area contributed by atoms with Crippen LogP contribution in [-0.2, 0) is 52.5 Å². The van der Waals surface area contributed by atoms with E-state index in [1.807, 2.05) is 0 Å². The third kappa shape index (κ3) is 28.7. The molecular formula is C50H88N2O13S. The van der Waals surface area contributed by atoms with E-state index in [1.165, 1.54) is 110 Å². The number of hydrogen-bond donors (Lipinski definition) is 4. The van der Waals surface area contributed by atoms with E-state index in [0.29, 0.717) is 12.8 Å². The van der Waals surface area contributed by atoms with Crippen LogP contribution < -0.4 is 10.6 Å². The molecule has 1 fully saturated rings. The Morgan fingerprint density at radius 2 is 0.894 bits per heavy atom. The molecule has 66 heavy (non-hydrogen) atoms. The number of unbranched alkanes of at least 4 members (excludes halogenated alkanes) is 22. The van der Waals surface area contributed by atoms with Gasteiger partial charge in [0.15, 0.2) is 18.3 Å². The molecule has 0 bridgehead atoms. The normalized spacial score (nSPS) is 19.1. The van der Waals surface area contributed by atoms with Crippen LogP contribution in [0, 0.1) is 5.92 Å². The van der Waals surface area contributed by atoms with E-state index in [2.05, 4.69) is 24.5 Å². The minimum Gasteiger partial charge on any atom is -0.481 e. The smallest absolute Gasteiger partial charge is 0.326 e. The molecular weight excluding hydrogens is 869 g/mol. The molecule has 4 N–H and O–H groups in total. The van der Waals surface area contributed by atoms with Gasteiger partial charge in [-0.25, -0.2) is 4.79 Å². The van der Waals surface area contributed by atoms with Gasteiger partial charge in [0.2, 0.25) is 11.8 Å². The van der Waals surface area contributed by atoms with E-state index >= 15 is 0 Å². The molecule has 1 saturated heterocycles. The zero-order valence-corrected chi connectivity index (χ0v) is 42.2. The predicted molar refractivity (Wildman–Crippen MR) is 257 cm³/mol. The summed E-state index contributed by atoms with van der Waals surface area (Å²) in [6.07, 6.45) is 24.2. The maximum Gasteiger partial charge on any atom is 0.326 e. The summed E-state index contributed by atoms with van der Waals surface area (Å²) in [4.78, 5) is 88.4.